The van der Waals surface area contributed by atoms with E-state index in [2.05, 4.69) is 0 Å². The van der Waals surface area contributed by atoms with Crippen LogP contribution in [-0.2, 0) is 10.6 Å². The maximum absolute atomic E-state index is 14.4. The summed E-state index contributed by atoms with van der Waals surface area (Å²) in [6.07, 6.45) is -5.12. The molecule has 0 amide bonds. The topological polar surface area (TPSA) is 168 Å². The van der Waals surface area contributed by atoms with Crippen LogP contribution in [0.1, 0.15) is 26.2 Å². The Bertz CT molecular complexity index is 790. The first kappa shape index (κ1) is 21.9. The van der Waals surface area contributed by atoms with Crippen LogP contribution in [-0.4, -0.2) is 71.1 Å². The fourth-order valence-electron chi connectivity index (χ4n) is 2.85. The molecule has 0 radical (unpaired) electrons. The zero-order chi connectivity index (χ0) is 20.6. The van der Waals surface area contributed by atoms with E-state index in [1.54, 1.807) is 11.9 Å². The van der Waals surface area contributed by atoms with Crippen LogP contribution in [0.4, 0.5) is 4.39 Å². The Hall–Kier alpha value is -1.38. The van der Waals surface area contributed by atoms with Crippen molar-refractivity contribution in [3.63, 3.8) is 0 Å². The number of H-pyrrole nitrogens is 1. The summed E-state index contributed by atoms with van der Waals surface area (Å²) in [5, 5.41) is 50.5. The van der Waals surface area contributed by atoms with Crippen LogP contribution < -0.4 is 11.2 Å². The molecule has 2 rings (SSSR count). The maximum atomic E-state index is 14.4. The second kappa shape index (κ2) is 7.93. The largest absolute Gasteiger partial charge is 0.394 e. The van der Waals surface area contributed by atoms with Crippen molar-refractivity contribution >= 4 is 11.6 Å². The summed E-state index contributed by atoms with van der Waals surface area (Å²) in [4.78, 5) is 25.2. The molecular weight excluding hydrogens is 393 g/mol. The van der Waals surface area contributed by atoms with E-state index in [4.69, 9.17) is 16.3 Å². The molecule has 0 saturated carbocycles. The van der Waals surface area contributed by atoms with Gasteiger partial charge in [-0.1, -0.05) is 24.9 Å². The molecule has 1 unspecified atom stereocenters. The van der Waals surface area contributed by atoms with Gasteiger partial charge in [0, 0.05) is 6.20 Å². The van der Waals surface area contributed by atoms with Crippen molar-refractivity contribution < 1.29 is 34.8 Å². The molecule has 1 aliphatic rings. The van der Waals surface area contributed by atoms with E-state index in [0.29, 0.717) is 12.6 Å². The van der Waals surface area contributed by atoms with Gasteiger partial charge < -0.3 is 30.4 Å². The molecule has 1 fully saturated rings. The van der Waals surface area contributed by atoms with Crippen LogP contribution in [0.3, 0.4) is 0 Å². The van der Waals surface area contributed by atoms with Gasteiger partial charge in [0.2, 0.25) is 5.72 Å². The number of aromatic amines is 1. The van der Waals surface area contributed by atoms with E-state index < -0.39 is 53.0 Å². The van der Waals surface area contributed by atoms with Gasteiger partial charge in [-0.05, 0) is 12.8 Å². The number of aliphatic hydroxyl groups excluding tert-OH is 2. The minimum Gasteiger partial charge on any atom is -0.394 e. The quantitative estimate of drug-likeness (QED) is 0.175. The lowest BCUT2D eigenvalue weighted by Gasteiger charge is -2.43. The Labute approximate surface area is 156 Å². The van der Waals surface area contributed by atoms with Crippen molar-refractivity contribution in [2.24, 2.45) is 0 Å². The smallest absolute Gasteiger partial charge is 0.332 e. The number of nitrogens with zero attached hydrogens (tertiary/aromatic N) is 2. The number of aliphatic hydroxyl groups is 4. The molecule has 1 aliphatic heterocycles. The molecule has 0 aromatic carbocycles. The zero-order valence-electron chi connectivity index (χ0n) is 14.2. The molecular formula is C14H21ClFN3O8. The Morgan fingerprint density at radius 3 is 2.67 bits per heavy atom. The Kier molecular flexibility index (Phi) is 6.44. The molecule has 154 valence electrons. The van der Waals surface area contributed by atoms with E-state index in [9.17, 15) is 39.6 Å². The molecule has 1 saturated heterocycles. The number of ether oxygens (including phenoxy) is 1. The van der Waals surface area contributed by atoms with Gasteiger partial charge in [-0.3, -0.25) is 9.78 Å². The number of alkyl halides is 1. The summed E-state index contributed by atoms with van der Waals surface area (Å²) < 4.78 is 19.5. The summed E-state index contributed by atoms with van der Waals surface area (Å²) >= 11 is 5.62. The highest BCUT2D eigenvalue weighted by atomic mass is 35.5. The normalized spacial score (nSPS) is 32.2. The van der Waals surface area contributed by atoms with E-state index >= 15 is 0 Å². The Morgan fingerprint density at radius 2 is 2.11 bits per heavy atom. The number of halogens is 2. The van der Waals surface area contributed by atoms with Gasteiger partial charge in [-0.15, -0.1) is 5.06 Å². The van der Waals surface area contributed by atoms with Gasteiger partial charge in [0.05, 0.1) is 6.61 Å². The van der Waals surface area contributed by atoms with Gasteiger partial charge in [0.1, 0.15) is 17.2 Å². The van der Waals surface area contributed by atoms with Crippen LogP contribution in [0.15, 0.2) is 15.8 Å². The number of hydrogen-bond donors (Lipinski definition) is 6. The van der Waals surface area contributed by atoms with Gasteiger partial charge in [-0.2, -0.15) is 0 Å². The van der Waals surface area contributed by atoms with Gasteiger partial charge in [-0.25, -0.2) is 13.8 Å². The lowest BCUT2D eigenvalue weighted by Crippen LogP contribution is -2.69. The summed E-state index contributed by atoms with van der Waals surface area (Å²) in [7, 11) is 0. The molecule has 1 aromatic rings. The third-order valence-corrected chi connectivity index (χ3v) is 4.64. The average Bonchev–Trinajstić information content (AvgIpc) is 2.84. The molecule has 1 aromatic heterocycles. The number of nitrogens with one attached hydrogen (secondary N) is 1. The predicted octanol–water partition coefficient (Wildman–Crippen LogP) is -1.59. The third-order valence-electron chi connectivity index (χ3n) is 4.38. The van der Waals surface area contributed by atoms with Gasteiger partial charge in [0.15, 0.2) is 6.30 Å². The Morgan fingerprint density at radius 1 is 1.48 bits per heavy atom. The number of hydrogen-bond acceptors (Lipinski definition) is 9. The van der Waals surface area contributed by atoms with Crippen molar-refractivity contribution in [2.75, 3.05) is 6.61 Å². The first-order valence-electron chi connectivity index (χ1n) is 8.10. The summed E-state index contributed by atoms with van der Waals surface area (Å²) in [6, 6.07) is 0. The number of aromatic nitrogens is 2. The minimum absolute atomic E-state index is 0.172. The molecule has 13 heteroatoms. The number of hydroxylamine groups is 2. The fraction of sp³-hybridized carbons (Fsp3) is 0.714. The van der Waals surface area contributed by atoms with Crippen molar-refractivity contribution in [3.8, 4) is 0 Å². The summed E-state index contributed by atoms with van der Waals surface area (Å²) in [6.45, 7) is 0.786. The summed E-state index contributed by atoms with van der Waals surface area (Å²) in [5.41, 5.74) is -5.69. The van der Waals surface area contributed by atoms with Crippen molar-refractivity contribution in [1.82, 2.24) is 14.6 Å². The Balaban J connectivity index is 2.62. The molecule has 2 heterocycles. The van der Waals surface area contributed by atoms with E-state index in [-0.39, 0.29) is 22.5 Å². The molecule has 0 aliphatic carbocycles. The molecule has 0 spiro atoms. The third kappa shape index (κ3) is 3.43. The second-order valence-corrected chi connectivity index (χ2v) is 6.55. The van der Waals surface area contributed by atoms with Gasteiger partial charge in [0.25, 0.3) is 5.56 Å². The SMILES string of the molecule is CCCCC(F)N(O)[C@@]1(O)[C@H](O)[C@@H](CO)O[C@@]1(O)n1cc(Cl)c(=O)[nH]c1=O. The summed E-state index contributed by atoms with van der Waals surface area (Å²) in [5.74, 6) is -3.31. The average molecular weight is 414 g/mol. The fourth-order valence-corrected chi connectivity index (χ4v) is 3.00. The molecule has 0 bridgehead atoms. The number of unbranched alkanes of at least 4 members (excludes halogenated alkanes) is 1. The minimum atomic E-state index is -3.33. The standard InChI is InChI=1S/C14H21ClFN3O8/c1-2-3-4-9(16)19(26)13(24)10(21)8(6-20)27-14(13,25)18-5-7(15)11(22)17-12(18)23/h5,8-10,20-21,24-26H,2-4,6H2,1H3,(H,17,22,23)/t8-,9?,10-,13-,14-/m1/s1. The lowest BCUT2D eigenvalue weighted by atomic mass is 10.00. The van der Waals surface area contributed by atoms with Gasteiger partial charge >= 0.3 is 11.6 Å². The van der Waals surface area contributed by atoms with Crippen molar-refractivity contribution in [2.45, 2.75) is 56.3 Å². The molecule has 27 heavy (non-hydrogen) atoms. The number of rotatable bonds is 7. The second-order valence-electron chi connectivity index (χ2n) is 6.15. The molecule has 11 nitrogen and oxygen atoms in total. The van der Waals surface area contributed by atoms with E-state index in [0.717, 1.165) is 0 Å². The molecule has 5 atom stereocenters. The van der Waals surface area contributed by atoms with Crippen LogP contribution in [0, 0.1) is 0 Å². The molecule has 6 N–H and O–H groups in total. The first-order valence-corrected chi connectivity index (χ1v) is 8.48. The highest BCUT2D eigenvalue weighted by Crippen LogP contribution is 2.44. The monoisotopic (exact) mass is 413 g/mol. The first-order chi connectivity index (χ1) is 12.5. The van der Waals surface area contributed by atoms with E-state index in [1.807, 2.05) is 0 Å². The highest BCUT2D eigenvalue weighted by Gasteiger charge is 2.71. The van der Waals surface area contributed by atoms with Crippen LogP contribution in [0.2, 0.25) is 5.02 Å². The van der Waals surface area contributed by atoms with E-state index in [1.165, 1.54) is 0 Å². The maximum Gasteiger partial charge on any atom is 0.332 e. The van der Waals surface area contributed by atoms with Crippen LogP contribution >= 0.6 is 11.6 Å². The highest BCUT2D eigenvalue weighted by molar-refractivity contribution is 6.30. The predicted molar refractivity (Wildman–Crippen MR) is 87.5 cm³/mol. The zero-order valence-corrected chi connectivity index (χ0v) is 15.0. The van der Waals surface area contributed by atoms with Crippen LogP contribution in [0.25, 0.3) is 0 Å². The van der Waals surface area contributed by atoms with Crippen molar-refractivity contribution in [3.05, 3.63) is 32.1 Å². The van der Waals surface area contributed by atoms with Crippen LogP contribution in [0.5, 0.6) is 0 Å². The lowest BCUT2D eigenvalue weighted by molar-refractivity contribution is -0.428. The van der Waals surface area contributed by atoms with Crippen molar-refractivity contribution in [1.29, 1.82) is 0 Å².